The molecule has 1 saturated carbocycles. The molecule has 1 aliphatic carbocycles. The van der Waals surface area contributed by atoms with Gasteiger partial charge in [0.05, 0.1) is 12.9 Å². The van der Waals surface area contributed by atoms with Crippen molar-refractivity contribution in [2.45, 2.75) is 49.7 Å². The SMILES string of the molecule is COc1ccc(-c2nnc(SCC(=O)N3CCC[C@H]4CCCC[C@@H]43)n2N)cc1. The van der Waals surface area contributed by atoms with Gasteiger partial charge in [0.1, 0.15) is 5.75 Å². The van der Waals surface area contributed by atoms with E-state index in [1.165, 1.54) is 42.1 Å². The van der Waals surface area contributed by atoms with E-state index in [0.717, 1.165) is 30.7 Å². The van der Waals surface area contributed by atoms with Crippen LogP contribution in [0.2, 0.25) is 0 Å². The lowest BCUT2D eigenvalue weighted by Gasteiger charge is -2.44. The van der Waals surface area contributed by atoms with Gasteiger partial charge >= 0.3 is 0 Å². The highest BCUT2D eigenvalue weighted by Gasteiger charge is 2.35. The monoisotopic (exact) mass is 401 g/mol. The number of carbonyl (C=O) groups excluding carboxylic acids is 1. The Labute approximate surface area is 169 Å². The van der Waals surface area contributed by atoms with Gasteiger partial charge in [-0.2, -0.15) is 0 Å². The molecule has 1 saturated heterocycles. The third kappa shape index (κ3) is 3.83. The minimum atomic E-state index is 0.190. The second kappa shape index (κ2) is 8.43. The number of nitrogens with two attached hydrogens (primary N) is 1. The molecule has 1 aliphatic heterocycles. The van der Waals surface area contributed by atoms with Gasteiger partial charge in [0, 0.05) is 18.2 Å². The van der Waals surface area contributed by atoms with Gasteiger partial charge in [-0.05, 0) is 55.9 Å². The molecule has 2 heterocycles. The molecule has 150 valence electrons. The maximum Gasteiger partial charge on any atom is 0.233 e. The minimum Gasteiger partial charge on any atom is -0.497 e. The molecule has 2 N–H and O–H groups in total. The summed E-state index contributed by atoms with van der Waals surface area (Å²) in [6, 6.07) is 7.93. The van der Waals surface area contributed by atoms with E-state index in [9.17, 15) is 4.79 Å². The van der Waals surface area contributed by atoms with Crippen LogP contribution in [0.5, 0.6) is 5.75 Å². The summed E-state index contributed by atoms with van der Waals surface area (Å²) in [5, 5.41) is 8.93. The number of amides is 1. The molecule has 2 atom stereocenters. The Morgan fingerprint density at radius 3 is 2.71 bits per heavy atom. The molecule has 2 fully saturated rings. The van der Waals surface area contributed by atoms with Crippen molar-refractivity contribution in [1.29, 1.82) is 0 Å². The molecule has 1 amide bonds. The van der Waals surface area contributed by atoms with Crippen LogP contribution in [-0.4, -0.2) is 51.1 Å². The summed E-state index contributed by atoms with van der Waals surface area (Å²) < 4.78 is 6.64. The van der Waals surface area contributed by atoms with E-state index in [2.05, 4.69) is 15.1 Å². The number of carbonyl (C=O) groups is 1. The van der Waals surface area contributed by atoms with Gasteiger partial charge < -0.3 is 15.5 Å². The average molecular weight is 402 g/mol. The summed E-state index contributed by atoms with van der Waals surface area (Å²) in [5.41, 5.74) is 0.857. The minimum absolute atomic E-state index is 0.190. The largest absolute Gasteiger partial charge is 0.497 e. The van der Waals surface area contributed by atoms with E-state index in [0.29, 0.717) is 28.7 Å². The summed E-state index contributed by atoms with van der Waals surface area (Å²) in [6.07, 6.45) is 7.35. The van der Waals surface area contributed by atoms with Crippen LogP contribution in [0.25, 0.3) is 11.4 Å². The number of ether oxygens (including phenoxy) is 1. The number of nitrogens with zero attached hydrogens (tertiary/aromatic N) is 4. The molecule has 0 radical (unpaired) electrons. The van der Waals surface area contributed by atoms with E-state index in [4.69, 9.17) is 10.6 Å². The molecule has 1 aromatic heterocycles. The number of hydrogen-bond donors (Lipinski definition) is 1. The Kier molecular flexibility index (Phi) is 5.75. The third-order valence-electron chi connectivity index (χ3n) is 5.90. The highest BCUT2D eigenvalue weighted by molar-refractivity contribution is 7.99. The summed E-state index contributed by atoms with van der Waals surface area (Å²) in [6.45, 7) is 0.882. The summed E-state index contributed by atoms with van der Waals surface area (Å²) in [5.74, 6) is 8.77. The Morgan fingerprint density at radius 2 is 1.93 bits per heavy atom. The van der Waals surface area contributed by atoms with Crippen molar-refractivity contribution >= 4 is 17.7 Å². The first kappa shape index (κ1) is 19.1. The fraction of sp³-hybridized carbons (Fsp3) is 0.550. The van der Waals surface area contributed by atoms with Gasteiger partial charge in [-0.1, -0.05) is 24.6 Å². The third-order valence-corrected chi connectivity index (χ3v) is 6.83. The zero-order valence-electron chi connectivity index (χ0n) is 16.2. The van der Waals surface area contributed by atoms with Gasteiger partial charge in [-0.15, -0.1) is 10.2 Å². The number of nitrogen functional groups attached to an aromatic ring is 1. The van der Waals surface area contributed by atoms with Crippen LogP contribution in [0.3, 0.4) is 0 Å². The molecular weight excluding hydrogens is 374 g/mol. The van der Waals surface area contributed by atoms with Crippen molar-refractivity contribution in [2.24, 2.45) is 5.92 Å². The highest BCUT2D eigenvalue weighted by Crippen LogP contribution is 2.35. The summed E-state index contributed by atoms with van der Waals surface area (Å²) in [7, 11) is 1.63. The summed E-state index contributed by atoms with van der Waals surface area (Å²) >= 11 is 1.36. The van der Waals surface area contributed by atoms with Crippen molar-refractivity contribution in [2.75, 3.05) is 25.3 Å². The number of aromatic nitrogens is 3. The van der Waals surface area contributed by atoms with Gasteiger partial charge in [0.15, 0.2) is 5.82 Å². The van der Waals surface area contributed by atoms with Crippen LogP contribution in [0, 0.1) is 5.92 Å². The number of benzene rings is 1. The normalized spacial score (nSPS) is 22.0. The molecule has 2 aliphatic rings. The fourth-order valence-electron chi connectivity index (χ4n) is 4.46. The quantitative estimate of drug-likeness (QED) is 0.612. The van der Waals surface area contributed by atoms with Crippen molar-refractivity contribution in [1.82, 2.24) is 19.8 Å². The first-order chi connectivity index (χ1) is 13.7. The first-order valence-electron chi connectivity index (χ1n) is 9.94. The Bertz CT molecular complexity index is 821. The number of likely N-dealkylation sites (tertiary alicyclic amines) is 1. The van der Waals surface area contributed by atoms with Crippen molar-refractivity contribution < 1.29 is 9.53 Å². The predicted octanol–water partition coefficient (Wildman–Crippen LogP) is 2.94. The maximum absolute atomic E-state index is 12.9. The van der Waals surface area contributed by atoms with Crippen LogP contribution in [-0.2, 0) is 4.79 Å². The number of rotatable bonds is 5. The van der Waals surface area contributed by atoms with E-state index in [1.54, 1.807) is 7.11 Å². The molecule has 8 heteroatoms. The lowest BCUT2D eigenvalue weighted by atomic mass is 9.78. The van der Waals surface area contributed by atoms with Crippen molar-refractivity contribution in [3.8, 4) is 17.1 Å². The predicted molar refractivity (Wildman–Crippen MR) is 110 cm³/mol. The van der Waals surface area contributed by atoms with Crippen molar-refractivity contribution in [3.05, 3.63) is 24.3 Å². The Balaban J connectivity index is 1.40. The smallest absolute Gasteiger partial charge is 0.233 e. The van der Waals surface area contributed by atoms with E-state index >= 15 is 0 Å². The Morgan fingerprint density at radius 1 is 1.18 bits per heavy atom. The zero-order chi connectivity index (χ0) is 19.5. The van der Waals surface area contributed by atoms with Crippen LogP contribution >= 0.6 is 11.8 Å². The van der Waals surface area contributed by atoms with Crippen LogP contribution < -0.4 is 10.6 Å². The highest BCUT2D eigenvalue weighted by atomic mass is 32.2. The summed E-state index contributed by atoms with van der Waals surface area (Å²) in [4.78, 5) is 15.0. The number of methoxy groups -OCH3 is 1. The van der Waals surface area contributed by atoms with E-state index < -0.39 is 0 Å². The van der Waals surface area contributed by atoms with E-state index in [1.807, 2.05) is 24.3 Å². The standard InChI is InChI=1S/C20H27N5O2S/c1-27-16-10-8-15(9-11-16)19-22-23-20(25(19)21)28-13-18(26)24-12-4-6-14-5-2-3-7-17(14)24/h8-11,14,17H,2-7,12-13,21H2,1H3/t14-,17+/m1/s1. The number of fused-ring (bicyclic) bond motifs is 1. The van der Waals surface area contributed by atoms with Gasteiger partial charge in [-0.3, -0.25) is 4.79 Å². The molecule has 4 rings (SSSR count). The fourth-order valence-corrected chi connectivity index (χ4v) is 5.20. The molecule has 28 heavy (non-hydrogen) atoms. The van der Waals surface area contributed by atoms with E-state index in [-0.39, 0.29) is 5.91 Å². The second-order valence-corrected chi connectivity index (χ2v) is 8.48. The molecule has 0 spiro atoms. The lowest BCUT2D eigenvalue weighted by molar-refractivity contribution is -0.134. The zero-order valence-corrected chi connectivity index (χ0v) is 17.0. The molecule has 2 aromatic rings. The van der Waals surface area contributed by atoms with Crippen LogP contribution in [0.4, 0.5) is 0 Å². The first-order valence-corrected chi connectivity index (χ1v) is 10.9. The molecule has 7 nitrogen and oxygen atoms in total. The second-order valence-electron chi connectivity index (χ2n) is 7.53. The maximum atomic E-state index is 12.9. The molecule has 0 unspecified atom stereocenters. The number of hydrogen-bond acceptors (Lipinski definition) is 6. The van der Waals surface area contributed by atoms with Gasteiger partial charge in [0.2, 0.25) is 11.1 Å². The van der Waals surface area contributed by atoms with Crippen LogP contribution in [0.1, 0.15) is 38.5 Å². The lowest BCUT2D eigenvalue weighted by Crippen LogP contribution is -2.50. The molecule has 1 aromatic carbocycles. The molecule has 0 bridgehead atoms. The van der Waals surface area contributed by atoms with Gasteiger partial charge in [-0.25, -0.2) is 4.68 Å². The molecular formula is C20H27N5O2S. The van der Waals surface area contributed by atoms with Crippen LogP contribution in [0.15, 0.2) is 29.4 Å². The topological polar surface area (TPSA) is 86.3 Å². The number of thioether (sulfide) groups is 1. The number of piperidine rings is 1. The van der Waals surface area contributed by atoms with Gasteiger partial charge in [0.25, 0.3) is 0 Å². The average Bonchev–Trinajstić information content (AvgIpc) is 3.12. The Hall–Kier alpha value is -2.22. The van der Waals surface area contributed by atoms with Crippen molar-refractivity contribution in [3.63, 3.8) is 0 Å².